The van der Waals surface area contributed by atoms with Crippen molar-refractivity contribution >= 4 is 29.0 Å². The maximum absolute atomic E-state index is 12.4. The number of rotatable bonds is 1. The summed E-state index contributed by atoms with van der Waals surface area (Å²) in [6.45, 7) is 1.05. The number of amides is 1. The minimum absolute atomic E-state index is 0.249. The molecule has 25 heavy (non-hydrogen) atoms. The maximum atomic E-state index is 12.4. The topological polar surface area (TPSA) is 118 Å². The first-order chi connectivity index (χ1) is 12.2. The van der Waals surface area contributed by atoms with E-state index in [-0.39, 0.29) is 5.91 Å². The molecule has 0 radical (unpaired) electrons. The molecular weight excluding hydrogens is 324 g/mol. The van der Waals surface area contributed by atoms with E-state index in [0.29, 0.717) is 54.1 Å². The summed E-state index contributed by atoms with van der Waals surface area (Å²) < 4.78 is 7.09. The molecule has 0 atom stereocenters. The molecule has 1 aliphatic heterocycles. The van der Waals surface area contributed by atoms with Gasteiger partial charge in [-0.3, -0.25) is 9.78 Å². The van der Waals surface area contributed by atoms with Crippen molar-refractivity contribution in [3.63, 3.8) is 0 Å². The van der Waals surface area contributed by atoms with Gasteiger partial charge in [0, 0.05) is 19.7 Å². The highest BCUT2D eigenvalue weighted by molar-refractivity contribution is 6.00. The predicted molar refractivity (Wildman–Crippen MR) is 89.8 cm³/mol. The first kappa shape index (κ1) is 15.3. The van der Waals surface area contributed by atoms with Crippen molar-refractivity contribution in [2.75, 3.05) is 30.8 Å². The van der Waals surface area contributed by atoms with E-state index >= 15 is 0 Å². The van der Waals surface area contributed by atoms with Gasteiger partial charge in [-0.2, -0.15) is 9.61 Å². The Morgan fingerprint density at radius 1 is 1.24 bits per heavy atom. The molecule has 0 aromatic carbocycles. The fraction of sp³-hybridized carbons (Fsp3) is 0.267. The summed E-state index contributed by atoms with van der Waals surface area (Å²) in [6.07, 6.45) is 4.74. The Balaban J connectivity index is 1.85. The van der Waals surface area contributed by atoms with Gasteiger partial charge in [0.2, 0.25) is 0 Å². The van der Waals surface area contributed by atoms with Crippen LogP contribution in [0.3, 0.4) is 0 Å². The van der Waals surface area contributed by atoms with Crippen LogP contribution in [0.2, 0.25) is 0 Å². The van der Waals surface area contributed by atoms with Crippen molar-refractivity contribution in [1.29, 1.82) is 0 Å². The molecule has 4 rings (SSSR count). The normalized spacial score (nSPS) is 14.7. The maximum Gasteiger partial charge on any atom is 0.256 e. The summed E-state index contributed by atoms with van der Waals surface area (Å²) in [5, 5.41) is 13.2. The number of fused-ring (bicyclic) bond motifs is 3. The first-order valence-corrected chi connectivity index (χ1v) is 7.75. The van der Waals surface area contributed by atoms with Crippen LogP contribution in [0.4, 0.5) is 17.5 Å². The van der Waals surface area contributed by atoms with E-state index in [1.165, 1.54) is 6.20 Å². The number of ether oxygens (including phenoxy) is 1. The van der Waals surface area contributed by atoms with Crippen LogP contribution in [0.15, 0.2) is 24.7 Å². The Morgan fingerprint density at radius 2 is 2.16 bits per heavy atom. The number of hydrogen-bond donors (Lipinski definition) is 3. The molecule has 3 N–H and O–H groups in total. The molecule has 128 valence electrons. The fourth-order valence-electron chi connectivity index (χ4n) is 2.54. The number of nitrogens with one attached hydrogen (secondary N) is 3. The highest BCUT2D eigenvalue weighted by Gasteiger charge is 2.17. The Hall–Kier alpha value is -3.27. The summed E-state index contributed by atoms with van der Waals surface area (Å²) in [7, 11) is 1.77. The van der Waals surface area contributed by atoms with Crippen LogP contribution in [0.25, 0.3) is 5.65 Å². The Labute approximate surface area is 142 Å². The Bertz CT molecular complexity index is 938. The highest BCUT2D eigenvalue weighted by Crippen LogP contribution is 2.21. The molecule has 0 aliphatic carbocycles. The molecule has 0 saturated carbocycles. The minimum atomic E-state index is -0.249. The lowest BCUT2D eigenvalue weighted by atomic mass is 10.3. The number of anilines is 3. The molecule has 4 bridgehead atoms. The third-order valence-corrected chi connectivity index (χ3v) is 3.70. The van der Waals surface area contributed by atoms with Gasteiger partial charge in [-0.25, -0.2) is 9.97 Å². The molecule has 3 aromatic rings. The zero-order chi connectivity index (χ0) is 17.2. The largest absolute Gasteiger partial charge is 0.373 e. The number of carbonyl (C=O) groups is 1. The van der Waals surface area contributed by atoms with Gasteiger partial charge < -0.3 is 20.7 Å². The van der Waals surface area contributed by atoms with Crippen LogP contribution in [-0.2, 0) is 11.3 Å². The van der Waals surface area contributed by atoms with E-state index < -0.39 is 0 Å². The predicted octanol–water partition coefficient (Wildman–Crippen LogP) is 0.565. The second-order valence-corrected chi connectivity index (χ2v) is 5.40. The zero-order valence-electron chi connectivity index (χ0n) is 13.5. The van der Waals surface area contributed by atoms with Gasteiger partial charge in [0.25, 0.3) is 5.91 Å². The van der Waals surface area contributed by atoms with Crippen molar-refractivity contribution < 1.29 is 9.53 Å². The van der Waals surface area contributed by atoms with Gasteiger partial charge in [0.1, 0.15) is 23.0 Å². The number of aromatic nitrogens is 5. The van der Waals surface area contributed by atoms with Crippen LogP contribution in [-0.4, -0.2) is 50.7 Å². The second-order valence-electron chi connectivity index (χ2n) is 5.40. The lowest BCUT2D eigenvalue weighted by Gasteiger charge is -2.11. The van der Waals surface area contributed by atoms with Crippen molar-refractivity contribution in [2.45, 2.75) is 6.61 Å². The number of carbonyl (C=O) groups excluding carboxylic acids is 1. The van der Waals surface area contributed by atoms with Crippen LogP contribution in [0.1, 0.15) is 16.1 Å². The van der Waals surface area contributed by atoms with Crippen molar-refractivity contribution in [2.24, 2.45) is 0 Å². The molecule has 10 nitrogen and oxygen atoms in total. The molecule has 4 heterocycles. The molecule has 0 fully saturated rings. The summed E-state index contributed by atoms with van der Waals surface area (Å²) in [6, 6.07) is 1.78. The highest BCUT2D eigenvalue weighted by atomic mass is 16.5. The van der Waals surface area contributed by atoms with E-state index in [2.05, 4.69) is 36.0 Å². The average Bonchev–Trinajstić information content (AvgIpc) is 3.04. The van der Waals surface area contributed by atoms with E-state index in [1.807, 2.05) is 0 Å². The average molecular weight is 340 g/mol. The van der Waals surface area contributed by atoms with Crippen molar-refractivity contribution in [3.05, 3.63) is 35.9 Å². The quantitative estimate of drug-likeness (QED) is 0.588. The second kappa shape index (κ2) is 6.32. The van der Waals surface area contributed by atoms with E-state index in [0.717, 1.165) is 0 Å². The number of hydrogen-bond acceptors (Lipinski definition) is 8. The fourth-order valence-corrected chi connectivity index (χ4v) is 2.54. The monoisotopic (exact) mass is 340 g/mol. The van der Waals surface area contributed by atoms with Gasteiger partial charge >= 0.3 is 0 Å². The minimum Gasteiger partial charge on any atom is -0.373 e. The van der Waals surface area contributed by atoms with Crippen LogP contribution >= 0.6 is 0 Å². The van der Waals surface area contributed by atoms with E-state index in [1.54, 1.807) is 30.0 Å². The van der Waals surface area contributed by atoms with Gasteiger partial charge in [0.05, 0.1) is 37.5 Å². The van der Waals surface area contributed by atoms with Gasteiger partial charge in [-0.05, 0) is 0 Å². The standard InChI is InChI=1S/C15H16N8O2/c1-16-13-4-11-21-12-7-17-5-9(20-12)8-25-3-2-18-15(24)10-6-19-23(13)14(10)22-11/h4-7,16H,2-3,8H2,1H3,(H,18,24)(H,20,21,22). The Morgan fingerprint density at radius 3 is 3.04 bits per heavy atom. The summed E-state index contributed by atoms with van der Waals surface area (Å²) in [5.41, 5.74) is 1.51. The molecule has 3 aromatic heterocycles. The Kier molecular flexibility index (Phi) is 3.86. The first-order valence-electron chi connectivity index (χ1n) is 7.75. The molecule has 0 unspecified atom stereocenters. The zero-order valence-corrected chi connectivity index (χ0v) is 13.5. The van der Waals surface area contributed by atoms with Crippen LogP contribution in [0.5, 0.6) is 0 Å². The molecule has 0 spiro atoms. The molecule has 10 heteroatoms. The molecule has 1 amide bonds. The summed E-state index contributed by atoms with van der Waals surface area (Å²) in [5.74, 6) is 1.50. The smallest absolute Gasteiger partial charge is 0.256 e. The molecule has 1 aliphatic rings. The molecule has 0 saturated heterocycles. The number of nitrogens with zero attached hydrogens (tertiary/aromatic N) is 5. The summed E-state index contributed by atoms with van der Waals surface area (Å²) in [4.78, 5) is 25.5. The van der Waals surface area contributed by atoms with Gasteiger partial charge in [0.15, 0.2) is 5.65 Å². The van der Waals surface area contributed by atoms with E-state index in [4.69, 9.17) is 4.74 Å². The third kappa shape index (κ3) is 2.94. The lowest BCUT2D eigenvalue weighted by molar-refractivity contribution is 0.0898. The van der Waals surface area contributed by atoms with Gasteiger partial charge in [-0.15, -0.1) is 0 Å². The van der Waals surface area contributed by atoms with Crippen LogP contribution < -0.4 is 16.0 Å². The lowest BCUT2D eigenvalue weighted by Crippen LogP contribution is -2.27. The van der Waals surface area contributed by atoms with Crippen LogP contribution in [0, 0.1) is 0 Å². The van der Waals surface area contributed by atoms with Crippen molar-refractivity contribution in [3.8, 4) is 0 Å². The summed E-state index contributed by atoms with van der Waals surface area (Å²) >= 11 is 0. The third-order valence-electron chi connectivity index (χ3n) is 3.70. The van der Waals surface area contributed by atoms with E-state index in [9.17, 15) is 4.79 Å². The molecular formula is C15H16N8O2. The van der Waals surface area contributed by atoms with Crippen molar-refractivity contribution in [1.82, 2.24) is 29.9 Å². The van der Waals surface area contributed by atoms with Gasteiger partial charge in [-0.1, -0.05) is 0 Å². The SMILES string of the molecule is CNc1cc2nc3c(cnn13)C(=O)NCCOCc1cncc(n1)N2.